The number of carbonyl (C=O) groups is 7. The molecule has 1 heterocycles. The molecule has 1 saturated heterocycles. The third-order valence-electron chi connectivity index (χ3n) is 7.71. The summed E-state index contributed by atoms with van der Waals surface area (Å²) >= 11 is 0. The van der Waals surface area contributed by atoms with E-state index in [0.29, 0.717) is 25.5 Å². The van der Waals surface area contributed by atoms with Crippen LogP contribution in [-0.2, 0) is 33.5 Å². The van der Waals surface area contributed by atoms with E-state index in [1.165, 1.54) is 15.9 Å². The molecule has 0 aromatic heterocycles. The molecule has 46 heavy (non-hydrogen) atoms. The Morgan fingerprint density at radius 2 is 1.67 bits per heavy atom. The first kappa shape index (κ1) is 40.2. The Bertz CT molecular complexity index is 1110. The van der Waals surface area contributed by atoms with Gasteiger partial charge < -0.3 is 40.6 Å². The molecule has 0 aromatic rings. The van der Waals surface area contributed by atoms with Crippen molar-refractivity contribution in [2.75, 3.05) is 39.9 Å². The normalized spacial score (nSPS) is 16.8. The molecule has 0 spiro atoms. The number of rotatable bonds is 17. The average molecular weight is 651 g/mol. The van der Waals surface area contributed by atoms with E-state index < -0.39 is 64.5 Å². The van der Waals surface area contributed by atoms with E-state index >= 15 is 0 Å². The lowest BCUT2D eigenvalue weighted by molar-refractivity contribution is -0.143. The van der Waals surface area contributed by atoms with E-state index in [9.17, 15) is 33.6 Å². The molecule has 14 heteroatoms. The fourth-order valence-electron chi connectivity index (χ4n) is 4.90. The zero-order valence-corrected chi connectivity index (χ0v) is 28.7. The van der Waals surface area contributed by atoms with E-state index in [4.69, 9.17) is 4.74 Å². The number of nitrogens with zero attached hydrogens (tertiary/aromatic N) is 2. The van der Waals surface area contributed by atoms with Gasteiger partial charge in [-0.25, -0.2) is 4.79 Å². The van der Waals surface area contributed by atoms with E-state index in [1.807, 2.05) is 27.7 Å². The summed E-state index contributed by atoms with van der Waals surface area (Å²) in [5.74, 6) is -2.94. The number of urea groups is 1. The van der Waals surface area contributed by atoms with Crippen molar-refractivity contribution in [1.82, 2.24) is 31.1 Å². The van der Waals surface area contributed by atoms with Gasteiger partial charge in [-0.05, 0) is 30.1 Å². The highest BCUT2D eigenvalue weighted by Crippen LogP contribution is 2.26. The van der Waals surface area contributed by atoms with E-state index in [0.717, 1.165) is 0 Å². The van der Waals surface area contributed by atoms with Crippen molar-refractivity contribution in [3.05, 3.63) is 12.7 Å². The summed E-state index contributed by atoms with van der Waals surface area (Å²) in [6, 6.07) is -4.08. The van der Waals surface area contributed by atoms with Crippen LogP contribution in [0.1, 0.15) is 74.1 Å². The minimum absolute atomic E-state index is 0.111. The number of likely N-dealkylation sites (N-methyl/N-ethyl adjacent to an activating group) is 1. The third kappa shape index (κ3) is 12.5. The molecule has 6 amide bonds. The third-order valence-corrected chi connectivity index (χ3v) is 7.71. The van der Waals surface area contributed by atoms with Gasteiger partial charge in [-0.1, -0.05) is 61.0 Å². The number of hydrogen-bond acceptors (Lipinski definition) is 8. The summed E-state index contributed by atoms with van der Waals surface area (Å²) in [6.45, 7) is 16.5. The fourth-order valence-corrected chi connectivity index (χ4v) is 4.90. The van der Waals surface area contributed by atoms with Crippen molar-refractivity contribution < 1.29 is 38.3 Å². The molecule has 4 unspecified atom stereocenters. The predicted octanol–water partition coefficient (Wildman–Crippen LogP) is 0.936. The molecule has 14 nitrogen and oxygen atoms in total. The smallest absolute Gasteiger partial charge is 0.315 e. The van der Waals surface area contributed by atoms with Crippen LogP contribution in [-0.4, -0.2) is 116 Å². The second-order valence-corrected chi connectivity index (χ2v) is 13.7. The van der Waals surface area contributed by atoms with E-state index in [2.05, 4.69) is 27.8 Å². The summed E-state index contributed by atoms with van der Waals surface area (Å²) in [7, 11) is 1.57. The highest BCUT2D eigenvalue weighted by atomic mass is 16.5. The molecule has 1 rings (SSSR count). The average Bonchev–Trinajstić information content (AvgIpc) is 3.46. The lowest BCUT2D eigenvalue weighted by atomic mass is 9.85. The molecular weight excluding hydrogens is 596 g/mol. The van der Waals surface area contributed by atoms with Crippen LogP contribution in [0.2, 0.25) is 0 Å². The van der Waals surface area contributed by atoms with Crippen LogP contribution < -0.4 is 21.3 Å². The molecule has 0 aromatic carbocycles. The van der Waals surface area contributed by atoms with Gasteiger partial charge in [0.1, 0.15) is 31.6 Å². The molecule has 260 valence electrons. The Kier molecular flexibility index (Phi) is 16.1. The zero-order valence-electron chi connectivity index (χ0n) is 28.7. The van der Waals surface area contributed by atoms with Crippen LogP contribution in [0, 0.1) is 10.8 Å². The lowest BCUT2D eigenvalue weighted by Crippen LogP contribution is -2.62. The Balaban J connectivity index is 3.08. The minimum Gasteiger partial charge on any atom is -0.364 e. The molecule has 0 saturated carbocycles. The number of carbonyl (C=O) groups excluding carboxylic acids is 7. The second-order valence-electron chi connectivity index (χ2n) is 13.7. The first-order chi connectivity index (χ1) is 21.4. The number of Topliss-reactive ketones (excluding diaryl/α,β-unsaturated/α-hetero) is 1. The second kappa shape index (κ2) is 18.4. The Labute approximate surface area is 272 Å². The van der Waals surface area contributed by atoms with Gasteiger partial charge in [0.2, 0.25) is 23.5 Å². The fraction of sp³-hybridized carbons (Fsp3) is 0.719. The maximum atomic E-state index is 14.0. The van der Waals surface area contributed by atoms with E-state index in [-0.39, 0.29) is 45.2 Å². The molecule has 0 radical (unpaired) electrons. The lowest BCUT2D eigenvalue weighted by Gasteiger charge is -2.38. The van der Waals surface area contributed by atoms with Crippen LogP contribution in [0.5, 0.6) is 0 Å². The van der Waals surface area contributed by atoms with Gasteiger partial charge in [0.25, 0.3) is 5.91 Å². The Hall–Kier alpha value is -3.81. The molecule has 4 atom stereocenters. The van der Waals surface area contributed by atoms with Crippen LogP contribution in [0.15, 0.2) is 12.7 Å². The molecular formula is C32H54N6O8. The highest BCUT2D eigenvalue weighted by molar-refractivity contribution is 6.38. The number of amides is 6. The van der Waals surface area contributed by atoms with Crippen molar-refractivity contribution in [3.63, 3.8) is 0 Å². The number of likely N-dealkylation sites (tertiary alicyclic amines) is 1. The predicted molar refractivity (Wildman–Crippen MR) is 172 cm³/mol. The maximum Gasteiger partial charge on any atom is 0.315 e. The number of nitrogens with one attached hydrogen (secondary N) is 4. The number of hydrogen-bond donors (Lipinski definition) is 4. The van der Waals surface area contributed by atoms with Gasteiger partial charge in [-0.2, -0.15) is 0 Å². The standard InChI is InChI=1S/C32H54N6O8/c1-10-13-21(25(41)28(43)33-15-11-2)34-27(42)22-14-12-16-38(22)29(44)26(32(6,7)8)36-30(45)35-23(31(3,4)5)19-37(9)24(40)20-46-18-17-39/h11,17,21-23,26H,2,10,12-16,18-20H2,1,3-9H3,(H,33,43)(H,34,42)(H2,35,36,45). The quantitative estimate of drug-likeness (QED) is 0.0776. The van der Waals surface area contributed by atoms with Crippen LogP contribution in [0.4, 0.5) is 4.79 Å². The molecule has 0 bridgehead atoms. The SMILES string of the molecule is C=CCNC(=O)C(=O)C(CCC)NC(=O)C1CCCN1C(=O)C(NC(=O)NC(CN(C)C(=O)COCC=O)C(C)(C)C)C(C)(C)C. The van der Waals surface area contributed by atoms with Gasteiger partial charge in [0.15, 0.2) is 0 Å². The summed E-state index contributed by atoms with van der Waals surface area (Å²) in [5, 5.41) is 10.8. The summed E-state index contributed by atoms with van der Waals surface area (Å²) < 4.78 is 5.01. The molecule has 1 fully saturated rings. The van der Waals surface area contributed by atoms with Gasteiger partial charge in [-0.3, -0.25) is 24.0 Å². The van der Waals surface area contributed by atoms with Crippen molar-refractivity contribution in [3.8, 4) is 0 Å². The molecule has 4 N–H and O–H groups in total. The topological polar surface area (TPSA) is 183 Å². The first-order valence-electron chi connectivity index (χ1n) is 15.7. The maximum absolute atomic E-state index is 14.0. The zero-order chi connectivity index (χ0) is 35.2. The van der Waals surface area contributed by atoms with Gasteiger partial charge in [-0.15, -0.1) is 6.58 Å². The van der Waals surface area contributed by atoms with E-state index in [1.54, 1.807) is 27.8 Å². The molecule has 1 aliphatic heterocycles. The van der Waals surface area contributed by atoms with Crippen molar-refractivity contribution >= 4 is 41.7 Å². The number of ether oxygens (including phenoxy) is 1. The van der Waals surface area contributed by atoms with Crippen molar-refractivity contribution in [2.24, 2.45) is 10.8 Å². The summed E-state index contributed by atoms with van der Waals surface area (Å²) in [6.07, 6.45) is 3.69. The van der Waals surface area contributed by atoms with Gasteiger partial charge >= 0.3 is 6.03 Å². The number of ketones is 1. The monoisotopic (exact) mass is 650 g/mol. The summed E-state index contributed by atoms with van der Waals surface area (Å²) in [4.78, 5) is 91.5. The first-order valence-corrected chi connectivity index (χ1v) is 15.7. The summed E-state index contributed by atoms with van der Waals surface area (Å²) in [5.41, 5.74) is -1.23. The molecule has 0 aliphatic carbocycles. The van der Waals surface area contributed by atoms with Crippen molar-refractivity contribution in [2.45, 2.75) is 98.3 Å². The van der Waals surface area contributed by atoms with Crippen LogP contribution in [0.25, 0.3) is 0 Å². The Morgan fingerprint density at radius 3 is 2.22 bits per heavy atom. The molecule has 1 aliphatic rings. The largest absolute Gasteiger partial charge is 0.364 e. The number of aldehydes is 1. The van der Waals surface area contributed by atoms with Crippen LogP contribution >= 0.6 is 0 Å². The van der Waals surface area contributed by atoms with Crippen molar-refractivity contribution in [1.29, 1.82) is 0 Å². The Morgan fingerprint density at radius 1 is 1.02 bits per heavy atom. The van der Waals surface area contributed by atoms with Gasteiger partial charge in [0.05, 0.1) is 12.1 Å². The highest BCUT2D eigenvalue weighted by Gasteiger charge is 2.43. The van der Waals surface area contributed by atoms with Crippen LogP contribution in [0.3, 0.4) is 0 Å². The van der Waals surface area contributed by atoms with Gasteiger partial charge in [0, 0.05) is 26.7 Å². The minimum atomic E-state index is -1.04.